The van der Waals surface area contributed by atoms with Crippen LogP contribution >= 0.6 is 11.6 Å². The van der Waals surface area contributed by atoms with Crippen molar-refractivity contribution in [3.05, 3.63) is 94.9 Å². The van der Waals surface area contributed by atoms with Crippen LogP contribution in [0.4, 0.5) is 13.2 Å². The van der Waals surface area contributed by atoms with Crippen LogP contribution in [0.1, 0.15) is 28.9 Å². The first-order valence-corrected chi connectivity index (χ1v) is 9.81. The first-order valence-electron chi connectivity index (χ1n) is 9.43. The van der Waals surface area contributed by atoms with Gasteiger partial charge in [0.2, 0.25) is 0 Å². The Morgan fingerprint density at radius 2 is 1.55 bits per heavy atom. The highest BCUT2D eigenvalue weighted by molar-refractivity contribution is 6.31. The van der Waals surface area contributed by atoms with Gasteiger partial charge in [0.25, 0.3) is 0 Å². The van der Waals surface area contributed by atoms with Crippen LogP contribution < -0.4 is 11.5 Å². The second kappa shape index (κ2) is 8.26. The van der Waals surface area contributed by atoms with E-state index in [4.69, 9.17) is 23.1 Å². The molecule has 0 aliphatic rings. The molecule has 31 heavy (non-hydrogen) atoms. The number of fused-ring (bicyclic) bond motifs is 1. The minimum atomic E-state index is -4.53. The summed E-state index contributed by atoms with van der Waals surface area (Å²) < 4.78 is 38.9. The van der Waals surface area contributed by atoms with E-state index in [0.717, 1.165) is 22.4 Å². The van der Waals surface area contributed by atoms with Gasteiger partial charge in [-0.3, -0.25) is 0 Å². The second-order valence-electron chi connectivity index (χ2n) is 7.18. The lowest BCUT2D eigenvalue weighted by molar-refractivity contribution is -0.137. The molecule has 0 spiro atoms. The summed E-state index contributed by atoms with van der Waals surface area (Å²) in [5, 5.41) is 1.74. The average Bonchev–Trinajstić information content (AvgIpc) is 2.77. The molecule has 0 bridgehead atoms. The maximum atomic E-state index is 13.0. The molecule has 0 saturated carbocycles. The van der Waals surface area contributed by atoms with Crippen molar-refractivity contribution in [1.29, 1.82) is 0 Å². The molecule has 158 valence electrons. The third-order valence-corrected chi connectivity index (χ3v) is 5.46. The smallest absolute Gasteiger partial charge is 0.322 e. The van der Waals surface area contributed by atoms with E-state index >= 15 is 0 Å². The predicted octanol–water partition coefficient (Wildman–Crippen LogP) is 5.67. The van der Waals surface area contributed by atoms with E-state index in [9.17, 15) is 13.2 Å². The highest BCUT2D eigenvalue weighted by Gasteiger charge is 2.33. The van der Waals surface area contributed by atoms with Crippen LogP contribution in [0.25, 0.3) is 22.0 Å². The molecule has 3 aromatic carbocycles. The van der Waals surface area contributed by atoms with Gasteiger partial charge in [-0.2, -0.15) is 13.2 Å². The fourth-order valence-electron chi connectivity index (χ4n) is 3.42. The summed E-state index contributed by atoms with van der Waals surface area (Å²) in [4.78, 5) is 8.37. The predicted molar refractivity (Wildman–Crippen MR) is 115 cm³/mol. The Labute approximate surface area is 181 Å². The standard InChI is InChI=1S/C23H18ClF3N4/c24-18-10-15(7-8-17(18)23(25,26)27)19-11-20(31-12-30-19)22(29)21(28)16-6-5-13-3-1-2-4-14(13)9-16/h1-12,21-22H,28-29H2. The molecule has 0 radical (unpaired) electrons. The lowest BCUT2D eigenvalue weighted by Crippen LogP contribution is -2.27. The number of nitrogens with zero attached hydrogens (tertiary/aromatic N) is 2. The maximum absolute atomic E-state index is 13.0. The Kier molecular flexibility index (Phi) is 5.66. The molecule has 0 saturated heterocycles. The number of hydrogen-bond donors (Lipinski definition) is 2. The van der Waals surface area contributed by atoms with Crippen molar-refractivity contribution in [2.24, 2.45) is 11.5 Å². The fraction of sp³-hybridized carbons (Fsp3) is 0.130. The number of nitrogens with two attached hydrogens (primary N) is 2. The zero-order valence-corrected chi connectivity index (χ0v) is 16.9. The fourth-order valence-corrected chi connectivity index (χ4v) is 3.71. The van der Waals surface area contributed by atoms with Crippen LogP contribution in [0.15, 0.2) is 73.1 Å². The molecular formula is C23H18ClF3N4. The summed E-state index contributed by atoms with van der Waals surface area (Å²) in [5.74, 6) is 0. The lowest BCUT2D eigenvalue weighted by atomic mass is 9.95. The van der Waals surface area contributed by atoms with Gasteiger partial charge >= 0.3 is 6.18 Å². The van der Waals surface area contributed by atoms with Crippen molar-refractivity contribution >= 4 is 22.4 Å². The topological polar surface area (TPSA) is 77.8 Å². The summed E-state index contributed by atoms with van der Waals surface area (Å²) in [7, 11) is 0. The Balaban J connectivity index is 1.63. The highest BCUT2D eigenvalue weighted by Crippen LogP contribution is 2.37. The van der Waals surface area contributed by atoms with Crippen molar-refractivity contribution in [1.82, 2.24) is 9.97 Å². The van der Waals surface area contributed by atoms with Crippen molar-refractivity contribution in [3.8, 4) is 11.3 Å². The van der Waals surface area contributed by atoms with Crippen molar-refractivity contribution in [2.75, 3.05) is 0 Å². The van der Waals surface area contributed by atoms with Gasteiger partial charge in [0.05, 0.1) is 34.1 Å². The molecule has 4 nitrogen and oxygen atoms in total. The van der Waals surface area contributed by atoms with Gasteiger partial charge in [0.15, 0.2) is 0 Å². The van der Waals surface area contributed by atoms with Crippen molar-refractivity contribution in [3.63, 3.8) is 0 Å². The van der Waals surface area contributed by atoms with Crippen molar-refractivity contribution < 1.29 is 13.2 Å². The van der Waals surface area contributed by atoms with E-state index < -0.39 is 28.8 Å². The van der Waals surface area contributed by atoms with Gasteiger partial charge in [-0.15, -0.1) is 0 Å². The zero-order chi connectivity index (χ0) is 22.2. The Morgan fingerprint density at radius 1 is 0.806 bits per heavy atom. The van der Waals surface area contributed by atoms with E-state index in [1.807, 2.05) is 42.5 Å². The van der Waals surface area contributed by atoms with Gasteiger partial charge in [0, 0.05) is 5.56 Å². The molecule has 2 atom stereocenters. The third-order valence-electron chi connectivity index (χ3n) is 5.15. The Hall–Kier alpha value is -3.00. The van der Waals surface area contributed by atoms with E-state index in [-0.39, 0.29) is 0 Å². The van der Waals surface area contributed by atoms with E-state index in [0.29, 0.717) is 17.0 Å². The van der Waals surface area contributed by atoms with Gasteiger partial charge in [-0.1, -0.05) is 54.1 Å². The SMILES string of the molecule is NC(c1ccc2ccccc2c1)C(N)c1cc(-c2ccc(C(F)(F)F)c(Cl)c2)ncn1. The lowest BCUT2D eigenvalue weighted by Gasteiger charge is -2.20. The maximum Gasteiger partial charge on any atom is 0.417 e. The van der Waals surface area contributed by atoms with Gasteiger partial charge in [0.1, 0.15) is 6.33 Å². The normalized spacial score (nSPS) is 13.9. The molecule has 0 amide bonds. The van der Waals surface area contributed by atoms with Crippen LogP contribution in [0, 0.1) is 0 Å². The summed E-state index contributed by atoms with van der Waals surface area (Å²) in [6.45, 7) is 0. The van der Waals surface area contributed by atoms with Gasteiger partial charge < -0.3 is 11.5 Å². The summed E-state index contributed by atoms with van der Waals surface area (Å²) in [6, 6.07) is 17.7. The molecule has 4 aromatic rings. The number of alkyl halides is 3. The summed E-state index contributed by atoms with van der Waals surface area (Å²) in [6.07, 6.45) is -3.22. The van der Waals surface area contributed by atoms with E-state index in [1.165, 1.54) is 18.5 Å². The number of aromatic nitrogens is 2. The van der Waals surface area contributed by atoms with Crippen LogP contribution in [-0.4, -0.2) is 9.97 Å². The molecule has 0 aliphatic carbocycles. The first-order chi connectivity index (χ1) is 14.7. The number of rotatable bonds is 4. The molecule has 4 N–H and O–H groups in total. The molecule has 0 aliphatic heterocycles. The van der Waals surface area contributed by atoms with Gasteiger partial charge in [-0.05, 0) is 40.6 Å². The molecule has 4 rings (SSSR count). The summed E-state index contributed by atoms with van der Waals surface area (Å²) >= 11 is 5.84. The molecule has 1 aromatic heterocycles. The number of benzene rings is 3. The van der Waals surface area contributed by atoms with Crippen molar-refractivity contribution in [2.45, 2.75) is 18.3 Å². The van der Waals surface area contributed by atoms with Crippen LogP contribution in [0.3, 0.4) is 0 Å². The van der Waals surface area contributed by atoms with Crippen LogP contribution in [-0.2, 0) is 6.18 Å². The highest BCUT2D eigenvalue weighted by atomic mass is 35.5. The van der Waals surface area contributed by atoms with Crippen LogP contribution in [0.2, 0.25) is 5.02 Å². The number of halogens is 4. The first kappa shape index (κ1) is 21.2. The van der Waals surface area contributed by atoms with E-state index in [1.54, 1.807) is 6.07 Å². The van der Waals surface area contributed by atoms with E-state index in [2.05, 4.69) is 9.97 Å². The minimum Gasteiger partial charge on any atom is -0.322 e. The minimum absolute atomic E-state index is 0.401. The quantitative estimate of drug-likeness (QED) is 0.427. The van der Waals surface area contributed by atoms with Crippen LogP contribution in [0.5, 0.6) is 0 Å². The number of hydrogen-bond acceptors (Lipinski definition) is 4. The molecule has 8 heteroatoms. The Morgan fingerprint density at radius 3 is 2.26 bits per heavy atom. The molecule has 2 unspecified atom stereocenters. The molecular weight excluding hydrogens is 425 g/mol. The summed E-state index contributed by atoms with van der Waals surface area (Å²) in [5.41, 5.74) is 14.0. The van der Waals surface area contributed by atoms with Gasteiger partial charge in [-0.25, -0.2) is 9.97 Å². The monoisotopic (exact) mass is 442 g/mol. The molecule has 1 heterocycles. The second-order valence-corrected chi connectivity index (χ2v) is 7.59. The largest absolute Gasteiger partial charge is 0.417 e. The third kappa shape index (κ3) is 4.39. The zero-order valence-electron chi connectivity index (χ0n) is 16.1. The average molecular weight is 443 g/mol. The Bertz CT molecular complexity index is 1240. The molecule has 0 fully saturated rings.